The number of anilines is 1. The van der Waals surface area contributed by atoms with Crippen LogP contribution in [0.15, 0.2) is 6.07 Å². The lowest BCUT2D eigenvalue weighted by molar-refractivity contribution is 0.365. The van der Waals surface area contributed by atoms with Crippen molar-refractivity contribution in [3.05, 3.63) is 22.6 Å². The van der Waals surface area contributed by atoms with Crippen LogP contribution in [0.3, 0.4) is 0 Å². The summed E-state index contributed by atoms with van der Waals surface area (Å²) in [5, 5.41) is 8.85. The van der Waals surface area contributed by atoms with Crippen molar-refractivity contribution in [1.82, 2.24) is 4.98 Å². The molecule has 1 aliphatic heterocycles. The Morgan fingerprint density at radius 2 is 2.30 bits per heavy atom. The van der Waals surface area contributed by atoms with Gasteiger partial charge in [0.05, 0.1) is 5.56 Å². The van der Waals surface area contributed by atoms with E-state index in [2.05, 4.69) is 18.8 Å². The minimum atomic E-state index is -0.510. The van der Waals surface area contributed by atoms with Gasteiger partial charge < -0.3 is 10.6 Å². The molecule has 1 aliphatic rings. The number of halogens is 2. The van der Waals surface area contributed by atoms with Crippen molar-refractivity contribution in [3.8, 4) is 6.07 Å². The first-order valence-electron chi connectivity index (χ1n) is 6.70. The molecule has 0 aromatic carbocycles. The number of nitrogens with zero attached hydrogens (tertiary/aromatic N) is 3. The highest BCUT2D eigenvalue weighted by atomic mass is 35.5. The van der Waals surface area contributed by atoms with Gasteiger partial charge in [-0.1, -0.05) is 25.4 Å². The Balaban J connectivity index is 2.19. The predicted molar refractivity (Wildman–Crippen MR) is 77.1 cm³/mol. The Kier molecular flexibility index (Phi) is 4.46. The highest BCUT2D eigenvalue weighted by Crippen LogP contribution is 2.29. The molecule has 1 aromatic rings. The lowest BCUT2D eigenvalue weighted by Gasteiger charge is -2.24. The van der Waals surface area contributed by atoms with E-state index in [0.29, 0.717) is 24.9 Å². The molecule has 0 radical (unpaired) electrons. The van der Waals surface area contributed by atoms with Crippen molar-refractivity contribution in [2.24, 2.45) is 17.6 Å². The molecule has 20 heavy (non-hydrogen) atoms. The van der Waals surface area contributed by atoms with E-state index >= 15 is 0 Å². The standard InChI is InChI=1S/C14H18ClFN4/c1-8(2)12(18)9-3-4-20(7-9)14-11(16)5-10(6-17)13(15)19-14/h5,8-9,12H,3-4,7,18H2,1-2H3/t9-,12+/m0/s1. The maximum atomic E-state index is 14.0. The summed E-state index contributed by atoms with van der Waals surface area (Å²) in [6.07, 6.45) is 0.915. The summed E-state index contributed by atoms with van der Waals surface area (Å²) in [6.45, 7) is 5.55. The Morgan fingerprint density at radius 3 is 2.90 bits per heavy atom. The van der Waals surface area contributed by atoms with E-state index in [4.69, 9.17) is 22.6 Å². The highest BCUT2D eigenvalue weighted by molar-refractivity contribution is 6.30. The number of nitriles is 1. The van der Waals surface area contributed by atoms with E-state index in [1.165, 1.54) is 0 Å². The molecule has 0 saturated carbocycles. The molecule has 0 spiro atoms. The van der Waals surface area contributed by atoms with Gasteiger partial charge in [0, 0.05) is 19.1 Å². The van der Waals surface area contributed by atoms with Crippen molar-refractivity contribution >= 4 is 17.4 Å². The molecule has 0 bridgehead atoms. The second-order valence-electron chi connectivity index (χ2n) is 5.56. The lowest BCUT2D eigenvalue weighted by atomic mass is 9.91. The average molecular weight is 297 g/mol. The summed E-state index contributed by atoms with van der Waals surface area (Å²) >= 11 is 5.88. The molecule has 2 rings (SSSR count). The molecule has 1 fully saturated rings. The second-order valence-corrected chi connectivity index (χ2v) is 5.92. The molecule has 2 heterocycles. The van der Waals surface area contributed by atoms with Crippen LogP contribution in [-0.4, -0.2) is 24.1 Å². The zero-order valence-electron chi connectivity index (χ0n) is 11.6. The number of pyridine rings is 1. The number of rotatable bonds is 3. The Labute approximate surface area is 123 Å². The summed E-state index contributed by atoms with van der Waals surface area (Å²) in [5.41, 5.74) is 6.22. The first-order chi connectivity index (χ1) is 9.43. The van der Waals surface area contributed by atoms with Crippen molar-refractivity contribution < 1.29 is 4.39 Å². The molecule has 108 valence electrons. The fourth-order valence-corrected chi connectivity index (χ4v) is 2.77. The summed E-state index contributed by atoms with van der Waals surface area (Å²) < 4.78 is 14.0. The van der Waals surface area contributed by atoms with E-state index in [1.54, 1.807) is 0 Å². The predicted octanol–water partition coefficient (Wildman–Crippen LogP) is 2.56. The van der Waals surface area contributed by atoms with Gasteiger partial charge in [0.1, 0.15) is 11.2 Å². The first kappa shape index (κ1) is 15.0. The van der Waals surface area contributed by atoms with Gasteiger partial charge in [-0.15, -0.1) is 0 Å². The normalized spacial score (nSPS) is 20.2. The van der Waals surface area contributed by atoms with Gasteiger partial charge in [-0.2, -0.15) is 5.26 Å². The van der Waals surface area contributed by atoms with Gasteiger partial charge in [0.2, 0.25) is 0 Å². The molecule has 4 nitrogen and oxygen atoms in total. The third-order valence-corrected chi connectivity index (χ3v) is 4.16. The van der Waals surface area contributed by atoms with E-state index < -0.39 is 5.82 Å². The molecule has 0 unspecified atom stereocenters. The molecule has 2 atom stereocenters. The van der Waals surface area contributed by atoms with Crippen LogP contribution in [0, 0.1) is 29.0 Å². The topological polar surface area (TPSA) is 65.9 Å². The van der Waals surface area contributed by atoms with Crippen LogP contribution in [0.5, 0.6) is 0 Å². The summed E-state index contributed by atoms with van der Waals surface area (Å²) in [4.78, 5) is 5.87. The number of hydrogen-bond donors (Lipinski definition) is 1. The molecule has 2 N–H and O–H groups in total. The first-order valence-corrected chi connectivity index (χ1v) is 7.08. The van der Waals surface area contributed by atoms with Crippen molar-refractivity contribution in [3.63, 3.8) is 0 Å². The van der Waals surface area contributed by atoms with Gasteiger partial charge in [-0.05, 0) is 24.3 Å². The molecule has 1 aromatic heterocycles. The SMILES string of the molecule is CC(C)[C@@H](N)[C@H]1CCN(c2nc(Cl)c(C#N)cc2F)C1. The summed E-state index contributed by atoms with van der Waals surface area (Å²) in [7, 11) is 0. The molecule has 1 saturated heterocycles. The van der Waals surface area contributed by atoms with Gasteiger partial charge in [-0.25, -0.2) is 9.37 Å². The van der Waals surface area contributed by atoms with Crippen LogP contribution in [0.2, 0.25) is 5.15 Å². The van der Waals surface area contributed by atoms with Crippen LogP contribution in [0.1, 0.15) is 25.8 Å². The van der Waals surface area contributed by atoms with E-state index in [-0.39, 0.29) is 22.6 Å². The lowest BCUT2D eigenvalue weighted by Crippen LogP contribution is -2.37. The number of nitrogens with two attached hydrogens (primary N) is 1. The Bertz CT molecular complexity index is 541. The molecule has 0 aliphatic carbocycles. The quantitative estimate of drug-likeness (QED) is 0.871. The Hall–Kier alpha value is -1.38. The van der Waals surface area contributed by atoms with E-state index in [9.17, 15) is 4.39 Å². The van der Waals surface area contributed by atoms with Crippen LogP contribution in [0.25, 0.3) is 0 Å². The van der Waals surface area contributed by atoms with Gasteiger partial charge in [-0.3, -0.25) is 0 Å². The number of aromatic nitrogens is 1. The minimum Gasteiger partial charge on any atom is -0.354 e. The zero-order chi connectivity index (χ0) is 14.9. The van der Waals surface area contributed by atoms with Crippen LogP contribution in [-0.2, 0) is 0 Å². The third kappa shape index (κ3) is 2.87. The maximum absolute atomic E-state index is 14.0. The van der Waals surface area contributed by atoms with Crippen LogP contribution < -0.4 is 10.6 Å². The minimum absolute atomic E-state index is 0.0421. The van der Waals surface area contributed by atoms with E-state index in [1.807, 2.05) is 11.0 Å². The highest BCUT2D eigenvalue weighted by Gasteiger charge is 2.31. The largest absolute Gasteiger partial charge is 0.354 e. The summed E-state index contributed by atoms with van der Waals surface area (Å²) in [6, 6.07) is 3.06. The van der Waals surface area contributed by atoms with Gasteiger partial charge in [0.25, 0.3) is 0 Å². The van der Waals surface area contributed by atoms with Crippen molar-refractivity contribution in [2.75, 3.05) is 18.0 Å². The fraction of sp³-hybridized carbons (Fsp3) is 0.571. The number of hydrogen-bond acceptors (Lipinski definition) is 4. The molecule has 0 amide bonds. The molecule has 6 heteroatoms. The monoisotopic (exact) mass is 296 g/mol. The zero-order valence-corrected chi connectivity index (χ0v) is 12.4. The fourth-order valence-electron chi connectivity index (χ4n) is 2.60. The molecular weight excluding hydrogens is 279 g/mol. The van der Waals surface area contributed by atoms with Crippen molar-refractivity contribution in [1.29, 1.82) is 5.26 Å². The Morgan fingerprint density at radius 1 is 1.60 bits per heavy atom. The third-order valence-electron chi connectivity index (χ3n) is 3.87. The average Bonchev–Trinajstić information content (AvgIpc) is 2.89. The maximum Gasteiger partial charge on any atom is 0.167 e. The smallest absolute Gasteiger partial charge is 0.167 e. The van der Waals surface area contributed by atoms with Crippen LogP contribution >= 0.6 is 11.6 Å². The van der Waals surface area contributed by atoms with Crippen molar-refractivity contribution in [2.45, 2.75) is 26.3 Å². The molecular formula is C14H18ClFN4. The van der Waals surface area contributed by atoms with Crippen LogP contribution in [0.4, 0.5) is 10.2 Å². The van der Waals surface area contributed by atoms with Gasteiger partial charge >= 0.3 is 0 Å². The summed E-state index contributed by atoms with van der Waals surface area (Å²) in [5.74, 6) is 0.421. The van der Waals surface area contributed by atoms with Gasteiger partial charge in [0.15, 0.2) is 11.6 Å². The van der Waals surface area contributed by atoms with E-state index in [0.717, 1.165) is 12.5 Å². The second kappa shape index (κ2) is 5.94.